The summed E-state index contributed by atoms with van der Waals surface area (Å²) < 4.78 is 0. The van der Waals surface area contributed by atoms with E-state index in [2.05, 4.69) is 5.32 Å². The van der Waals surface area contributed by atoms with Crippen molar-refractivity contribution < 1.29 is 24.6 Å². The van der Waals surface area contributed by atoms with E-state index in [9.17, 15) is 24.6 Å². The number of hydrogen-bond acceptors (Lipinski definition) is 6. The van der Waals surface area contributed by atoms with E-state index in [-0.39, 0.29) is 46.2 Å². The Bertz CT molecular complexity index is 823. The molecule has 0 radical (unpaired) electrons. The highest BCUT2D eigenvalue weighted by atomic mass is 35.5. The molecule has 138 valence electrons. The number of anilines is 1. The average Bonchev–Trinajstić information content (AvgIpc) is 3.19. The summed E-state index contributed by atoms with van der Waals surface area (Å²) in [6.07, 6.45) is 0.701. The van der Waals surface area contributed by atoms with Crippen LogP contribution in [-0.2, 0) is 9.59 Å². The minimum Gasteiger partial charge on any atom is -0.505 e. The zero-order valence-corrected chi connectivity index (χ0v) is 14.8. The highest BCUT2D eigenvalue weighted by molar-refractivity contribution is 6.48. The number of aromatic hydroxyl groups is 1. The van der Waals surface area contributed by atoms with Crippen molar-refractivity contribution in [1.29, 1.82) is 0 Å². The highest BCUT2D eigenvalue weighted by Crippen LogP contribution is 2.33. The first-order chi connectivity index (χ1) is 12.3. The molecular weight excluding hydrogens is 362 g/mol. The number of aliphatic hydroxyl groups excluding tert-OH is 1. The predicted molar refractivity (Wildman–Crippen MR) is 93.5 cm³/mol. The molecule has 0 saturated carbocycles. The fourth-order valence-electron chi connectivity index (χ4n) is 3.00. The Labute approximate surface area is 154 Å². The number of nitrogens with zero attached hydrogens (tertiary/aromatic N) is 2. The zero-order valence-electron chi connectivity index (χ0n) is 14.0. The molecule has 1 atom stereocenters. The van der Waals surface area contributed by atoms with Crippen molar-refractivity contribution in [1.82, 2.24) is 9.80 Å². The van der Waals surface area contributed by atoms with E-state index in [0.29, 0.717) is 19.5 Å². The molecule has 2 heterocycles. The number of aliphatic hydroxyl groups is 1. The summed E-state index contributed by atoms with van der Waals surface area (Å²) >= 11 is 5.88. The van der Waals surface area contributed by atoms with Gasteiger partial charge in [0.25, 0.3) is 17.7 Å². The number of hydrogen-bond donors (Lipinski definition) is 3. The fourth-order valence-corrected chi connectivity index (χ4v) is 3.26. The van der Waals surface area contributed by atoms with E-state index < -0.39 is 11.8 Å². The summed E-state index contributed by atoms with van der Waals surface area (Å²) in [6, 6.07) is 4.49. The molecule has 1 aromatic carbocycles. The molecule has 2 aliphatic heterocycles. The first kappa shape index (κ1) is 18.2. The van der Waals surface area contributed by atoms with E-state index in [1.165, 1.54) is 19.2 Å². The van der Waals surface area contributed by atoms with E-state index in [0.717, 1.165) is 4.90 Å². The van der Waals surface area contributed by atoms with Gasteiger partial charge in [-0.05, 0) is 18.6 Å². The van der Waals surface area contributed by atoms with Gasteiger partial charge in [0.15, 0.2) is 5.75 Å². The maximum atomic E-state index is 12.6. The Balaban J connectivity index is 1.86. The van der Waals surface area contributed by atoms with Crippen molar-refractivity contribution in [3.8, 4) is 5.75 Å². The number of phenolic OH excluding ortho intramolecular Hbond substituents is 1. The van der Waals surface area contributed by atoms with Crippen molar-refractivity contribution in [3.05, 3.63) is 34.5 Å². The van der Waals surface area contributed by atoms with Gasteiger partial charge in [0.2, 0.25) is 0 Å². The van der Waals surface area contributed by atoms with Gasteiger partial charge in [0.05, 0.1) is 11.3 Å². The number of phenols is 1. The minimum absolute atomic E-state index is 0.00761. The van der Waals surface area contributed by atoms with Gasteiger partial charge >= 0.3 is 0 Å². The van der Waals surface area contributed by atoms with Gasteiger partial charge < -0.3 is 20.4 Å². The second-order valence-corrected chi connectivity index (χ2v) is 6.65. The van der Waals surface area contributed by atoms with Crippen LogP contribution in [0.4, 0.5) is 5.69 Å². The fraction of sp³-hybridized carbons (Fsp3) is 0.353. The van der Waals surface area contributed by atoms with Crippen molar-refractivity contribution in [2.24, 2.45) is 5.92 Å². The Morgan fingerprint density at radius 2 is 2.08 bits per heavy atom. The predicted octanol–water partition coefficient (Wildman–Crippen LogP) is 0.707. The number of rotatable bonds is 4. The topological polar surface area (TPSA) is 110 Å². The molecule has 0 spiro atoms. The van der Waals surface area contributed by atoms with E-state index in [1.54, 1.807) is 11.0 Å². The summed E-state index contributed by atoms with van der Waals surface area (Å²) in [5.41, 5.74) is 0.00868. The van der Waals surface area contributed by atoms with Crippen LogP contribution in [-0.4, -0.2) is 64.5 Å². The molecule has 3 N–H and O–H groups in total. The SMILES string of the molecule is CN1C(=O)C(Cl)=C(Nc2cccc(C(=O)N3CC[C@H](CO)C3)c2O)C1=O. The molecule has 1 aromatic rings. The normalized spacial score (nSPS) is 20.3. The number of benzene rings is 1. The van der Waals surface area contributed by atoms with Gasteiger partial charge in [-0.1, -0.05) is 17.7 Å². The molecule has 3 amide bonds. The number of nitrogens with one attached hydrogen (secondary N) is 1. The van der Waals surface area contributed by atoms with Crippen LogP contribution < -0.4 is 5.32 Å². The first-order valence-electron chi connectivity index (χ1n) is 8.06. The molecule has 3 rings (SSSR count). The maximum Gasteiger partial charge on any atom is 0.278 e. The van der Waals surface area contributed by atoms with Crippen molar-refractivity contribution in [3.63, 3.8) is 0 Å². The Kier molecular flexibility index (Phi) is 4.88. The van der Waals surface area contributed by atoms with Crippen molar-refractivity contribution in [2.75, 3.05) is 32.1 Å². The molecular formula is C17H18ClN3O5. The number of likely N-dealkylation sites (N-methyl/N-ethyl adjacent to an activating group) is 1. The monoisotopic (exact) mass is 379 g/mol. The Morgan fingerprint density at radius 1 is 1.35 bits per heavy atom. The molecule has 8 nitrogen and oxygen atoms in total. The summed E-state index contributed by atoms with van der Waals surface area (Å²) in [7, 11) is 1.30. The van der Waals surface area contributed by atoms with Crippen molar-refractivity contribution in [2.45, 2.75) is 6.42 Å². The van der Waals surface area contributed by atoms with Gasteiger partial charge in [-0.3, -0.25) is 19.3 Å². The standard InChI is InChI=1S/C17H18ClN3O5/c1-20-16(25)12(18)13(17(20)26)19-11-4-2-3-10(14(11)23)15(24)21-6-5-9(7-21)8-22/h2-4,9,19,22-23H,5-8H2,1H3/t9-/m0/s1. The van der Waals surface area contributed by atoms with Gasteiger partial charge in [0.1, 0.15) is 10.7 Å². The van der Waals surface area contributed by atoms with Crippen LogP contribution >= 0.6 is 11.6 Å². The number of likely N-dealkylation sites (tertiary alicyclic amines) is 1. The zero-order chi connectivity index (χ0) is 19.0. The lowest BCUT2D eigenvalue weighted by Gasteiger charge is -2.18. The number of imide groups is 1. The molecule has 0 aromatic heterocycles. The van der Waals surface area contributed by atoms with Crippen LogP contribution in [0.5, 0.6) is 5.75 Å². The minimum atomic E-state index is -0.641. The lowest BCUT2D eigenvalue weighted by atomic mass is 10.1. The third-order valence-electron chi connectivity index (χ3n) is 4.59. The maximum absolute atomic E-state index is 12.6. The lowest BCUT2D eigenvalue weighted by molar-refractivity contribution is -0.135. The van der Waals surface area contributed by atoms with Crippen molar-refractivity contribution >= 4 is 35.0 Å². The molecule has 0 aliphatic carbocycles. The third-order valence-corrected chi connectivity index (χ3v) is 4.94. The van der Waals surface area contributed by atoms with Crippen LogP contribution in [0.3, 0.4) is 0 Å². The third kappa shape index (κ3) is 3.02. The molecule has 2 aliphatic rings. The van der Waals surface area contributed by atoms with Gasteiger partial charge in [0, 0.05) is 32.7 Å². The van der Waals surface area contributed by atoms with E-state index in [1.807, 2.05) is 0 Å². The number of carbonyl (C=O) groups is 3. The van der Waals surface area contributed by atoms with E-state index in [4.69, 9.17) is 11.6 Å². The second-order valence-electron chi connectivity index (χ2n) is 6.27. The Hall–Kier alpha value is -2.58. The van der Waals surface area contributed by atoms with Gasteiger partial charge in [-0.15, -0.1) is 0 Å². The number of amides is 3. The molecule has 0 unspecified atom stereocenters. The van der Waals surface area contributed by atoms with Crippen LogP contribution in [0, 0.1) is 5.92 Å². The number of carbonyl (C=O) groups excluding carboxylic acids is 3. The summed E-state index contributed by atoms with van der Waals surface area (Å²) in [5.74, 6) is -1.94. The van der Waals surface area contributed by atoms with Crippen LogP contribution in [0.25, 0.3) is 0 Å². The van der Waals surface area contributed by atoms with Crippen LogP contribution in [0.2, 0.25) is 0 Å². The van der Waals surface area contributed by atoms with Crippen LogP contribution in [0.15, 0.2) is 28.9 Å². The first-order valence-corrected chi connectivity index (χ1v) is 8.44. The number of para-hydroxylation sites is 1. The lowest BCUT2D eigenvalue weighted by Crippen LogP contribution is -2.29. The average molecular weight is 380 g/mol. The van der Waals surface area contributed by atoms with Crippen LogP contribution in [0.1, 0.15) is 16.8 Å². The molecule has 0 bridgehead atoms. The second kappa shape index (κ2) is 6.97. The molecule has 1 saturated heterocycles. The summed E-state index contributed by atoms with van der Waals surface area (Å²) in [4.78, 5) is 38.9. The summed E-state index contributed by atoms with van der Waals surface area (Å²) in [6.45, 7) is 0.921. The Morgan fingerprint density at radius 3 is 2.65 bits per heavy atom. The van der Waals surface area contributed by atoms with Gasteiger partial charge in [-0.25, -0.2) is 0 Å². The largest absolute Gasteiger partial charge is 0.505 e. The van der Waals surface area contributed by atoms with E-state index >= 15 is 0 Å². The summed E-state index contributed by atoms with van der Waals surface area (Å²) in [5, 5.41) is 22.1. The molecule has 26 heavy (non-hydrogen) atoms. The molecule has 1 fully saturated rings. The molecule has 9 heteroatoms. The highest BCUT2D eigenvalue weighted by Gasteiger charge is 2.36. The van der Waals surface area contributed by atoms with Gasteiger partial charge in [-0.2, -0.15) is 0 Å². The smallest absolute Gasteiger partial charge is 0.278 e. The number of halogens is 1. The quantitative estimate of drug-likeness (QED) is 0.525.